The standard InChI is InChI=1S/C10H14F3N5O/c1-17-15-5-7(16-17)9(14)3-2-4-18(6-9)8(19)10(11,12)13/h5H,2-4,6,14H2,1H3. The van der Waals surface area contributed by atoms with Crippen molar-refractivity contribution in [2.24, 2.45) is 12.8 Å². The summed E-state index contributed by atoms with van der Waals surface area (Å²) in [5.74, 6) is -1.86. The molecule has 1 aromatic rings. The molecule has 0 saturated carbocycles. The number of aromatic nitrogens is 3. The average Bonchev–Trinajstić information content (AvgIpc) is 2.74. The highest BCUT2D eigenvalue weighted by atomic mass is 19.4. The quantitative estimate of drug-likeness (QED) is 0.793. The van der Waals surface area contributed by atoms with Crippen molar-refractivity contribution in [3.05, 3.63) is 11.9 Å². The number of hydrogen-bond acceptors (Lipinski definition) is 4. The molecule has 6 nitrogen and oxygen atoms in total. The first-order valence-corrected chi connectivity index (χ1v) is 5.74. The topological polar surface area (TPSA) is 77.0 Å². The minimum absolute atomic E-state index is 0.0531. The number of piperidine rings is 1. The molecule has 106 valence electrons. The van der Waals surface area contributed by atoms with Crippen LogP contribution in [0.2, 0.25) is 0 Å². The van der Waals surface area contributed by atoms with Crippen LogP contribution >= 0.6 is 0 Å². The van der Waals surface area contributed by atoms with E-state index in [9.17, 15) is 18.0 Å². The lowest BCUT2D eigenvalue weighted by atomic mass is 9.87. The van der Waals surface area contributed by atoms with Crippen LogP contribution in [0.15, 0.2) is 6.20 Å². The van der Waals surface area contributed by atoms with Crippen LogP contribution in [0, 0.1) is 0 Å². The largest absolute Gasteiger partial charge is 0.471 e. The van der Waals surface area contributed by atoms with Crippen molar-refractivity contribution in [3.63, 3.8) is 0 Å². The van der Waals surface area contributed by atoms with Crippen molar-refractivity contribution >= 4 is 5.91 Å². The number of halogens is 3. The number of likely N-dealkylation sites (tertiary alicyclic amines) is 1. The zero-order valence-corrected chi connectivity index (χ0v) is 10.3. The summed E-state index contributed by atoms with van der Waals surface area (Å²) in [6, 6.07) is 0. The fourth-order valence-electron chi connectivity index (χ4n) is 2.22. The molecule has 9 heteroatoms. The monoisotopic (exact) mass is 277 g/mol. The van der Waals surface area contributed by atoms with Gasteiger partial charge < -0.3 is 10.6 Å². The summed E-state index contributed by atoms with van der Waals surface area (Å²) >= 11 is 0. The number of nitrogens with two attached hydrogens (primary N) is 1. The molecule has 1 amide bonds. The van der Waals surface area contributed by atoms with E-state index in [-0.39, 0.29) is 13.1 Å². The van der Waals surface area contributed by atoms with Crippen molar-refractivity contribution in [2.45, 2.75) is 24.6 Å². The SMILES string of the molecule is Cn1ncc(C2(N)CCCN(C(=O)C(F)(F)F)C2)n1. The molecule has 1 fully saturated rings. The van der Waals surface area contributed by atoms with Crippen molar-refractivity contribution in [1.29, 1.82) is 0 Å². The van der Waals surface area contributed by atoms with Gasteiger partial charge in [0.25, 0.3) is 0 Å². The Morgan fingerprint density at radius 3 is 2.74 bits per heavy atom. The molecular formula is C10H14F3N5O. The Hall–Kier alpha value is -1.64. The molecular weight excluding hydrogens is 263 g/mol. The van der Waals surface area contributed by atoms with Gasteiger partial charge in [0.1, 0.15) is 5.69 Å². The van der Waals surface area contributed by atoms with Crippen LogP contribution in [0.1, 0.15) is 18.5 Å². The molecule has 2 N–H and O–H groups in total. The minimum Gasteiger partial charge on any atom is -0.333 e. The molecule has 2 heterocycles. The third-order valence-electron chi connectivity index (χ3n) is 3.16. The maximum Gasteiger partial charge on any atom is 0.471 e. The van der Waals surface area contributed by atoms with E-state index in [0.29, 0.717) is 18.5 Å². The first-order chi connectivity index (χ1) is 8.72. The summed E-state index contributed by atoms with van der Waals surface area (Å²) in [6.07, 6.45) is -2.59. The van der Waals surface area contributed by atoms with Crippen molar-refractivity contribution in [3.8, 4) is 0 Å². The van der Waals surface area contributed by atoms with Crippen LogP contribution < -0.4 is 5.73 Å². The van der Waals surface area contributed by atoms with Gasteiger partial charge in [0.05, 0.1) is 11.7 Å². The summed E-state index contributed by atoms with van der Waals surface area (Å²) in [4.78, 5) is 13.3. The molecule has 2 rings (SSSR count). The van der Waals surface area contributed by atoms with E-state index >= 15 is 0 Å². The maximum absolute atomic E-state index is 12.4. The fraction of sp³-hybridized carbons (Fsp3) is 0.700. The van der Waals surface area contributed by atoms with E-state index in [1.165, 1.54) is 11.0 Å². The van der Waals surface area contributed by atoms with E-state index < -0.39 is 17.6 Å². The van der Waals surface area contributed by atoms with E-state index in [1.54, 1.807) is 7.05 Å². The van der Waals surface area contributed by atoms with Crippen molar-refractivity contribution in [2.75, 3.05) is 13.1 Å². The van der Waals surface area contributed by atoms with Crippen LogP contribution in [0.5, 0.6) is 0 Å². The van der Waals surface area contributed by atoms with Gasteiger partial charge in [-0.3, -0.25) is 4.79 Å². The molecule has 1 unspecified atom stereocenters. The van der Waals surface area contributed by atoms with Crippen LogP contribution in [0.3, 0.4) is 0 Å². The smallest absolute Gasteiger partial charge is 0.333 e. The number of carbonyl (C=O) groups excluding carboxylic acids is 1. The van der Waals surface area contributed by atoms with Gasteiger partial charge in [0.2, 0.25) is 0 Å². The molecule has 0 aromatic carbocycles. The summed E-state index contributed by atoms with van der Waals surface area (Å²) in [5.41, 5.74) is 5.41. The number of carbonyl (C=O) groups is 1. The molecule has 0 aliphatic carbocycles. The van der Waals surface area contributed by atoms with Gasteiger partial charge in [0.15, 0.2) is 0 Å². The van der Waals surface area contributed by atoms with Gasteiger partial charge in [-0.1, -0.05) is 0 Å². The third-order valence-corrected chi connectivity index (χ3v) is 3.16. The molecule has 1 aliphatic rings. The van der Waals surface area contributed by atoms with Gasteiger partial charge in [0, 0.05) is 20.1 Å². The molecule has 1 atom stereocenters. The van der Waals surface area contributed by atoms with E-state index in [1.807, 2.05) is 0 Å². The predicted octanol–water partition coefficient (Wildman–Crippen LogP) is 0.154. The van der Waals surface area contributed by atoms with Gasteiger partial charge in [-0.15, -0.1) is 0 Å². The molecule has 1 aliphatic heterocycles. The first kappa shape index (κ1) is 13.8. The van der Waals surface area contributed by atoms with E-state index in [0.717, 1.165) is 4.90 Å². The number of aryl methyl sites for hydroxylation is 1. The van der Waals surface area contributed by atoms with Crippen LogP contribution in [0.25, 0.3) is 0 Å². The number of alkyl halides is 3. The number of rotatable bonds is 1. The lowest BCUT2D eigenvalue weighted by Gasteiger charge is -2.39. The Balaban J connectivity index is 2.19. The number of hydrogen-bond donors (Lipinski definition) is 1. The van der Waals surface area contributed by atoms with Crippen molar-refractivity contribution < 1.29 is 18.0 Å². The highest BCUT2D eigenvalue weighted by molar-refractivity contribution is 5.82. The summed E-state index contributed by atoms with van der Waals surface area (Å²) in [6.45, 7) is -0.151. The molecule has 19 heavy (non-hydrogen) atoms. The molecule has 0 bridgehead atoms. The molecule has 0 radical (unpaired) electrons. The zero-order chi connectivity index (χ0) is 14.3. The van der Waals surface area contributed by atoms with Crippen molar-refractivity contribution in [1.82, 2.24) is 19.9 Å². The Kier molecular flexibility index (Phi) is 3.25. The van der Waals surface area contributed by atoms with E-state index in [4.69, 9.17) is 5.73 Å². The minimum atomic E-state index is -4.87. The third kappa shape index (κ3) is 2.70. The Bertz CT molecular complexity index is 486. The summed E-state index contributed by atoms with van der Waals surface area (Å²) < 4.78 is 37.3. The Morgan fingerprint density at radius 2 is 2.21 bits per heavy atom. The second kappa shape index (κ2) is 4.48. The highest BCUT2D eigenvalue weighted by Gasteiger charge is 2.46. The maximum atomic E-state index is 12.4. The Labute approximate surface area is 107 Å². The van der Waals surface area contributed by atoms with Crippen LogP contribution in [-0.2, 0) is 17.4 Å². The highest BCUT2D eigenvalue weighted by Crippen LogP contribution is 2.30. The lowest BCUT2D eigenvalue weighted by molar-refractivity contribution is -0.187. The van der Waals surface area contributed by atoms with Gasteiger partial charge >= 0.3 is 12.1 Å². The summed E-state index contributed by atoms with van der Waals surface area (Å²) in [7, 11) is 1.59. The number of amides is 1. The van der Waals surface area contributed by atoms with Gasteiger partial charge in [-0.2, -0.15) is 28.2 Å². The zero-order valence-electron chi connectivity index (χ0n) is 10.3. The second-order valence-electron chi connectivity index (χ2n) is 4.70. The Morgan fingerprint density at radius 1 is 1.53 bits per heavy atom. The predicted molar refractivity (Wildman–Crippen MR) is 58.7 cm³/mol. The molecule has 1 saturated heterocycles. The van der Waals surface area contributed by atoms with Crippen LogP contribution in [0.4, 0.5) is 13.2 Å². The molecule has 1 aromatic heterocycles. The molecule has 0 spiro atoms. The van der Waals surface area contributed by atoms with Crippen LogP contribution in [-0.4, -0.2) is 45.1 Å². The second-order valence-corrected chi connectivity index (χ2v) is 4.70. The first-order valence-electron chi connectivity index (χ1n) is 5.74. The average molecular weight is 277 g/mol. The van der Waals surface area contributed by atoms with E-state index in [2.05, 4.69) is 10.2 Å². The fourth-order valence-corrected chi connectivity index (χ4v) is 2.22. The lowest BCUT2D eigenvalue weighted by Crippen LogP contribution is -2.56. The van der Waals surface area contributed by atoms with Gasteiger partial charge in [-0.25, -0.2) is 0 Å². The van der Waals surface area contributed by atoms with Gasteiger partial charge in [-0.05, 0) is 12.8 Å². The number of nitrogens with zero attached hydrogens (tertiary/aromatic N) is 4. The normalized spacial score (nSPS) is 24.6. The summed E-state index contributed by atoms with van der Waals surface area (Å²) in [5, 5.41) is 7.88.